The third kappa shape index (κ3) is 4.46. The predicted octanol–water partition coefficient (Wildman–Crippen LogP) is 3.77. The Labute approximate surface area is 124 Å². The van der Waals surface area contributed by atoms with Crippen molar-refractivity contribution in [1.29, 1.82) is 0 Å². The van der Waals surface area contributed by atoms with E-state index in [-0.39, 0.29) is 5.82 Å². The second-order valence-electron chi connectivity index (χ2n) is 4.79. The molecule has 21 heavy (non-hydrogen) atoms. The number of methoxy groups -OCH3 is 1. The summed E-state index contributed by atoms with van der Waals surface area (Å²) in [7, 11) is 1.64. The lowest BCUT2D eigenvalue weighted by atomic mass is 10.2. The van der Waals surface area contributed by atoms with Crippen LogP contribution in [-0.4, -0.2) is 20.3 Å². The van der Waals surface area contributed by atoms with Crippen LogP contribution in [0.2, 0.25) is 0 Å². The van der Waals surface area contributed by atoms with Gasteiger partial charge >= 0.3 is 0 Å². The summed E-state index contributed by atoms with van der Waals surface area (Å²) in [6.07, 6.45) is 0. The van der Waals surface area contributed by atoms with Gasteiger partial charge in [-0.2, -0.15) is 0 Å². The molecule has 0 radical (unpaired) electrons. The number of hydrogen-bond acceptors (Lipinski definition) is 3. The molecule has 0 heterocycles. The van der Waals surface area contributed by atoms with E-state index in [1.165, 1.54) is 6.07 Å². The molecule has 0 amide bonds. The zero-order valence-electron chi connectivity index (χ0n) is 12.4. The maximum atomic E-state index is 13.6. The minimum Gasteiger partial charge on any atom is -0.489 e. The summed E-state index contributed by atoms with van der Waals surface area (Å²) in [5.74, 6) is 0.544. The minimum absolute atomic E-state index is 0.209. The summed E-state index contributed by atoms with van der Waals surface area (Å²) in [6.45, 7) is 3.43. The molecular formula is C17H20FNO2. The van der Waals surface area contributed by atoms with Crippen LogP contribution in [0, 0.1) is 12.7 Å². The number of ether oxygens (including phenoxy) is 2. The SMILES string of the molecule is COCCOc1cc(C)ccc1NCc1ccccc1F. The topological polar surface area (TPSA) is 30.5 Å². The maximum absolute atomic E-state index is 13.6. The smallest absolute Gasteiger partial charge is 0.142 e. The molecule has 0 fully saturated rings. The van der Waals surface area contributed by atoms with Crippen molar-refractivity contribution in [3.8, 4) is 5.75 Å². The van der Waals surface area contributed by atoms with Gasteiger partial charge in [-0.3, -0.25) is 0 Å². The van der Waals surface area contributed by atoms with E-state index in [1.54, 1.807) is 19.2 Å². The number of rotatable bonds is 7. The first-order valence-electron chi connectivity index (χ1n) is 6.90. The number of anilines is 1. The Morgan fingerprint density at radius 3 is 2.67 bits per heavy atom. The largest absolute Gasteiger partial charge is 0.489 e. The van der Waals surface area contributed by atoms with E-state index in [0.717, 1.165) is 17.0 Å². The quantitative estimate of drug-likeness (QED) is 0.787. The summed E-state index contributed by atoms with van der Waals surface area (Å²) < 4.78 is 24.3. The highest BCUT2D eigenvalue weighted by atomic mass is 19.1. The Morgan fingerprint density at radius 1 is 1.10 bits per heavy atom. The second kappa shape index (κ2) is 7.64. The van der Waals surface area contributed by atoms with Crippen LogP contribution < -0.4 is 10.1 Å². The minimum atomic E-state index is -0.209. The molecular weight excluding hydrogens is 269 g/mol. The summed E-state index contributed by atoms with van der Waals surface area (Å²) >= 11 is 0. The summed E-state index contributed by atoms with van der Waals surface area (Å²) in [4.78, 5) is 0. The zero-order chi connectivity index (χ0) is 15.1. The van der Waals surface area contributed by atoms with Gasteiger partial charge in [-0.1, -0.05) is 24.3 Å². The highest BCUT2D eigenvalue weighted by Crippen LogP contribution is 2.26. The highest BCUT2D eigenvalue weighted by molar-refractivity contribution is 5.57. The number of benzene rings is 2. The van der Waals surface area contributed by atoms with Crippen LogP contribution in [0.5, 0.6) is 5.75 Å². The molecule has 0 unspecified atom stereocenters. The second-order valence-corrected chi connectivity index (χ2v) is 4.79. The van der Waals surface area contributed by atoms with Gasteiger partial charge in [-0.25, -0.2) is 4.39 Å². The Bertz CT molecular complexity index is 587. The molecule has 0 aromatic heterocycles. The van der Waals surface area contributed by atoms with E-state index in [9.17, 15) is 4.39 Å². The van der Waals surface area contributed by atoms with Crippen molar-refractivity contribution >= 4 is 5.69 Å². The molecule has 4 heteroatoms. The molecule has 0 spiro atoms. The van der Waals surface area contributed by atoms with Crippen molar-refractivity contribution < 1.29 is 13.9 Å². The van der Waals surface area contributed by atoms with E-state index in [4.69, 9.17) is 9.47 Å². The molecule has 112 valence electrons. The lowest BCUT2D eigenvalue weighted by Crippen LogP contribution is -2.08. The van der Waals surface area contributed by atoms with Crippen molar-refractivity contribution in [2.24, 2.45) is 0 Å². The Balaban J connectivity index is 2.06. The molecule has 3 nitrogen and oxygen atoms in total. The van der Waals surface area contributed by atoms with E-state index >= 15 is 0 Å². The van der Waals surface area contributed by atoms with E-state index in [2.05, 4.69) is 5.32 Å². The fraction of sp³-hybridized carbons (Fsp3) is 0.294. The molecule has 0 saturated carbocycles. The third-order valence-electron chi connectivity index (χ3n) is 3.11. The Morgan fingerprint density at radius 2 is 1.90 bits per heavy atom. The van der Waals surface area contributed by atoms with Crippen molar-refractivity contribution in [3.05, 3.63) is 59.4 Å². The fourth-order valence-corrected chi connectivity index (χ4v) is 1.96. The lowest BCUT2D eigenvalue weighted by molar-refractivity contribution is 0.146. The van der Waals surface area contributed by atoms with Gasteiger partial charge in [0.15, 0.2) is 0 Å². The van der Waals surface area contributed by atoms with Crippen LogP contribution >= 0.6 is 0 Å². The molecule has 2 rings (SSSR count). The molecule has 2 aromatic rings. The van der Waals surface area contributed by atoms with Gasteiger partial charge in [0.25, 0.3) is 0 Å². The van der Waals surface area contributed by atoms with Crippen molar-refractivity contribution in [2.75, 3.05) is 25.6 Å². The first-order chi connectivity index (χ1) is 10.2. The normalized spacial score (nSPS) is 10.4. The van der Waals surface area contributed by atoms with Crippen molar-refractivity contribution in [3.63, 3.8) is 0 Å². The first kappa shape index (κ1) is 15.3. The van der Waals surface area contributed by atoms with E-state index in [1.807, 2.05) is 31.2 Å². The van der Waals surface area contributed by atoms with Crippen LogP contribution in [0.15, 0.2) is 42.5 Å². The molecule has 0 saturated heterocycles. The van der Waals surface area contributed by atoms with Gasteiger partial charge in [0.1, 0.15) is 18.2 Å². The summed E-state index contributed by atoms with van der Waals surface area (Å²) in [6, 6.07) is 12.6. The van der Waals surface area contributed by atoms with Crippen LogP contribution in [-0.2, 0) is 11.3 Å². The number of hydrogen-bond donors (Lipinski definition) is 1. The number of nitrogens with one attached hydrogen (secondary N) is 1. The maximum Gasteiger partial charge on any atom is 0.142 e. The molecule has 0 atom stereocenters. The van der Waals surface area contributed by atoms with Crippen molar-refractivity contribution in [2.45, 2.75) is 13.5 Å². The van der Waals surface area contributed by atoms with Gasteiger partial charge in [0.05, 0.1) is 12.3 Å². The van der Waals surface area contributed by atoms with Gasteiger partial charge in [0.2, 0.25) is 0 Å². The molecule has 0 aliphatic rings. The third-order valence-corrected chi connectivity index (χ3v) is 3.11. The van der Waals surface area contributed by atoms with Gasteiger partial charge in [-0.05, 0) is 30.7 Å². The Kier molecular flexibility index (Phi) is 5.58. The Hall–Kier alpha value is -2.07. The molecule has 0 bridgehead atoms. The summed E-state index contributed by atoms with van der Waals surface area (Å²) in [5.41, 5.74) is 2.58. The molecule has 2 aromatic carbocycles. The molecule has 0 aliphatic carbocycles. The highest BCUT2D eigenvalue weighted by Gasteiger charge is 2.06. The van der Waals surface area contributed by atoms with Crippen LogP contribution in [0.1, 0.15) is 11.1 Å². The van der Waals surface area contributed by atoms with Gasteiger partial charge in [0, 0.05) is 19.2 Å². The number of aryl methyl sites for hydroxylation is 1. The van der Waals surface area contributed by atoms with Crippen LogP contribution in [0.3, 0.4) is 0 Å². The fourth-order valence-electron chi connectivity index (χ4n) is 1.96. The zero-order valence-corrected chi connectivity index (χ0v) is 12.4. The van der Waals surface area contributed by atoms with Crippen molar-refractivity contribution in [1.82, 2.24) is 0 Å². The van der Waals surface area contributed by atoms with Crippen LogP contribution in [0.25, 0.3) is 0 Å². The monoisotopic (exact) mass is 289 g/mol. The standard InChI is InChI=1S/C17H20FNO2/c1-13-7-8-16(17(11-13)21-10-9-20-2)19-12-14-5-3-4-6-15(14)18/h3-8,11,19H,9-10,12H2,1-2H3. The predicted molar refractivity (Wildman–Crippen MR) is 82.3 cm³/mol. The molecule has 1 N–H and O–H groups in total. The first-order valence-corrected chi connectivity index (χ1v) is 6.90. The average molecular weight is 289 g/mol. The molecule has 0 aliphatic heterocycles. The van der Waals surface area contributed by atoms with Gasteiger partial charge in [-0.15, -0.1) is 0 Å². The van der Waals surface area contributed by atoms with E-state index < -0.39 is 0 Å². The summed E-state index contributed by atoms with van der Waals surface area (Å²) in [5, 5.41) is 3.22. The van der Waals surface area contributed by atoms with Crippen LogP contribution in [0.4, 0.5) is 10.1 Å². The lowest BCUT2D eigenvalue weighted by Gasteiger charge is -2.14. The van der Waals surface area contributed by atoms with E-state index in [0.29, 0.717) is 25.3 Å². The number of halogens is 1. The van der Waals surface area contributed by atoms with Gasteiger partial charge < -0.3 is 14.8 Å². The average Bonchev–Trinajstić information content (AvgIpc) is 2.48.